The fourth-order valence-corrected chi connectivity index (χ4v) is 1.96. The fraction of sp³-hybridized carbons (Fsp3) is 0.385. The van der Waals surface area contributed by atoms with Gasteiger partial charge in [-0.1, -0.05) is 11.6 Å². The largest absolute Gasteiger partial charge is 0.449 e. The molecule has 0 saturated carbocycles. The van der Waals surface area contributed by atoms with Gasteiger partial charge >= 0.3 is 5.97 Å². The molecule has 0 bridgehead atoms. The molecule has 1 atom stereocenters. The Kier molecular flexibility index (Phi) is 4.42. The van der Waals surface area contributed by atoms with Crippen LogP contribution in [0.4, 0.5) is 0 Å². The third kappa shape index (κ3) is 3.49. The van der Waals surface area contributed by atoms with E-state index in [0.29, 0.717) is 16.6 Å². The lowest BCUT2D eigenvalue weighted by atomic mass is 10.2. The minimum Gasteiger partial charge on any atom is -0.449 e. The Hall–Kier alpha value is -2.15. The van der Waals surface area contributed by atoms with Crippen molar-refractivity contribution in [2.75, 3.05) is 0 Å². The number of carbonyl (C=O) groups excluding carboxylic acids is 1. The molecule has 2 rings (SSSR count). The van der Waals surface area contributed by atoms with E-state index in [1.807, 2.05) is 0 Å². The van der Waals surface area contributed by atoms with Gasteiger partial charge in [-0.25, -0.2) is 4.79 Å². The highest BCUT2D eigenvalue weighted by Gasteiger charge is 2.16. The number of nitrogens with zero attached hydrogens (tertiary/aromatic N) is 4. The molecule has 112 valence electrons. The Morgan fingerprint density at radius 1 is 1.43 bits per heavy atom. The van der Waals surface area contributed by atoms with E-state index in [1.54, 1.807) is 33.9 Å². The van der Waals surface area contributed by atoms with E-state index in [1.165, 1.54) is 10.8 Å². The summed E-state index contributed by atoms with van der Waals surface area (Å²) < 4.78 is 11.9. The summed E-state index contributed by atoms with van der Waals surface area (Å²) in [6.45, 7) is 5.12. The van der Waals surface area contributed by atoms with Crippen LogP contribution in [-0.2, 0) is 16.6 Å². The van der Waals surface area contributed by atoms with Crippen LogP contribution in [0.25, 0.3) is 6.08 Å². The van der Waals surface area contributed by atoms with Gasteiger partial charge in [-0.3, -0.25) is 4.68 Å². The zero-order chi connectivity index (χ0) is 15.6. The van der Waals surface area contributed by atoms with Gasteiger partial charge in [0.15, 0.2) is 6.10 Å². The van der Waals surface area contributed by atoms with Crippen molar-refractivity contribution in [3.8, 4) is 0 Å². The molecule has 8 heteroatoms. The van der Waals surface area contributed by atoms with Gasteiger partial charge in [0.2, 0.25) is 5.89 Å². The average Bonchev–Trinajstić information content (AvgIpc) is 2.94. The predicted molar refractivity (Wildman–Crippen MR) is 75.5 cm³/mol. The first-order valence-electron chi connectivity index (χ1n) is 6.26. The van der Waals surface area contributed by atoms with Crippen molar-refractivity contribution >= 4 is 23.6 Å². The molecule has 2 aromatic rings. The van der Waals surface area contributed by atoms with Crippen LogP contribution >= 0.6 is 11.6 Å². The number of aromatic nitrogens is 4. The summed E-state index contributed by atoms with van der Waals surface area (Å²) in [5.74, 6) is 0.142. The first kappa shape index (κ1) is 15.2. The maximum Gasteiger partial charge on any atom is 0.331 e. The molecule has 21 heavy (non-hydrogen) atoms. The molecule has 0 N–H and O–H groups in total. The van der Waals surface area contributed by atoms with E-state index in [4.69, 9.17) is 20.8 Å². The van der Waals surface area contributed by atoms with Crippen molar-refractivity contribution in [3.63, 3.8) is 0 Å². The fourth-order valence-electron chi connectivity index (χ4n) is 1.73. The van der Waals surface area contributed by atoms with Crippen LogP contribution in [0.3, 0.4) is 0 Å². The summed E-state index contributed by atoms with van der Waals surface area (Å²) in [7, 11) is 1.73. The maximum absolute atomic E-state index is 11.8. The molecule has 0 amide bonds. The Morgan fingerprint density at radius 3 is 2.67 bits per heavy atom. The molecule has 0 radical (unpaired) electrons. The van der Waals surface area contributed by atoms with Crippen molar-refractivity contribution < 1.29 is 13.9 Å². The van der Waals surface area contributed by atoms with Crippen LogP contribution < -0.4 is 0 Å². The van der Waals surface area contributed by atoms with Gasteiger partial charge in [-0.05, 0) is 19.9 Å². The molecular weight excluding hydrogens is 296 g/mol. The van der Waals surface area contributed by atoms with Crippen LogP contribution in [0.2, 0.25) is 5.15 Å². The third-order valence-corrected chi connectivity index (χ3v) is 3.21. The summed E-state index contributed by atoms with van der Waals surface area (Å²) in [6, 6.07) is 0. The quantitative estimate of drug-likeness (QED) is 0.637. The SMILES string of the molecule is Cc1nnc(C(C)OC(=O)C=Cc2c(C)nn(C)c2Cl)o1. The van der Waals surface area contributed by atoms with Crippen molar-refractivity contribution in [3.05, 3.63) is 34.3 Å². The number of esters is 1. The van der Waals surface area contributed by atoms with E-state index in [-0.39, 0.29) is 5.89 Å². The second-order valence-electron chi connectivity index (χ2n) is 4.49. The number of carbonyl (C=O) groups is 1. The van der Waals surface area contributed by atoms with Gasteiger partial charge in [0.1, 0.15) is 5.15 Å². The normalized spacial score (nSPS) is 12.8. The molecule has 0 saturated heterocycles. The van der Waals surface area contributed by atoms with Crippen LogP contribution in [-0.4, -0.2) is 25.9 Å². The van der Waals surface area contributed by atoms with Gasteiger partial charge in [0, 0.05) is 25.6 Å². The minimum absolute atomic E-state index is 0.254. The van der Waals surface area contributed by atoms with Gasteiger partial charge in [0.25, 0.3) is 5.89 Å². The molecular formula is C13H15ClN4O3. The summed E-state index contributed by atoms with van der Waals surface area (Å²) in [6.07, 6.45) is 2.24. The third-order valence-electron chi connectivity index (χ3n) is 2.76. The van der Waals surface area contributed by atoms with E-state index >= 15 is 0 Å². The van der Waals surface area contributed by atoms with E-state index in [0.717, 1.165) is 5.69 Å². The molecule has 2 aromatic heterocycles. The van der Waals surface area contributed by atoms with Gasteiger partial charge in [-0.2, -0.15) is 5.10 Å². The first-order chi connectivity index (χ1) is 9.88. The van der Waals surface area contributed by atoms with Crippen LogP contribution in [0, 0.1) is 13.8 Å². The zero-order valence-electron chi connectivity index (χ0n) is 12.1. The number of ether oxygens (including phenoxy) is 1. The summed E-state index contributed by atoms with van der Waals surface area (Å²) >= 11 is 6.07. The average molecular weight is 311 g/mol. The van der Waals surface area contributed by atoms with Crippen molar-refractivity contribution in [2.24, 2.45) is 7.05 Å². The summed E-state index contributed by atoms with van der Waals surface area (Å²) in [5, 5.41) is 12.1. The summed E-state index contributed by atoms with van der Waals surface area (Å²) in [5.41, 5.74) is 1.41. The van der Waals surface area contributed by atoms with Crippen LogP contribution in [0.5, 0.6) is 0 Å². The first-order valence-corrected chi connectivity index (χ1v) is 6.64. The molecule has 7 nitrogen and oxygen atoms in total. The second-order valence-corrected chi connectivity index (χ2v) is 4.84. The Morgan fingerprint density at radius 2 is 2.14 bits per heavy atom. The summed E-state index contributed by atoms with van der Waals surface area (Å²) in [4.78, 5) is 11.8. The number of aryl methyl sites for hydroxylation is 3. The van der Waals surface area contributed by atoms with E-state index in [2.05, 4.69) is 15.3 Å². The Labute approximate surface area is 126 Å². The molecule has 1 unspecified atom stereocenters. The predicted octanol–water partition coefficient (Wildman–Crippen LogP) is 2.39. The number of rotatable bonds is 4. The highest BCUT2D eigenvalue weighted by Crippen LogP contribution is 2.20. The highest BCUT2D eigenvalue weighted by atomic mass is 35.5. The van der Waals surface area contributed by atoms with E-state index < -0.39 is 12.1 Å². The van der Waals surface area contributed by atoms with Gasteiger partial charge in [0.05, 0.1) is 5.69 Å². The Balaban J connectivity index is 2.03. The van der Waals surface area contributed by atoms with Crippen molar-refractivity contribution in [1.29, 1.82) is 0 Å². The molecule has 0 aliphatic carbocycles. The topological polar surface area (TPSA) is 83.0 Å². The molecule has 0 aromatic carbocycles. The van der Waals surface area contributed by atoms with Gasteiger partial charge < -0.3 is 9.15 Å². The molecule has 0 fully saturated rings. The lowest BCUT2D eigenvalue weighted by molar-refractivity contribution is -0.143. The highest BCUT2D eigenvalue weighted by molar-refractivity contribution is 6.31. The Bertz CT molecular complexity index is 690. The molecule has 0 spiro atoms. The van der Waals surface area contributed by atoms with Crippen LogP contribution in [0.1, 0.15) is 36.1 Å². The lowest BCUT2D eigenvalue weighted by Gasteiger charge is -2.06. The molecule has 0 aliphatic rings. The van der Waals surface area contributed by atoms with Crippen molar-refractivity contribution in [1.82, 2.24) is 20.0 Å². The number of halogens is 1. The smallest absolute Gasteiger partial charge is 0.331 e. The van der Waals surface area contributed by atoms with Gasteiger partial charge in [-0.15, -0.1) is 10.2 Å². The zero-order valence-corrected chi connectivity index (χ0v) is 12.9. The van der Waals surface area contributed by atoms with E-state index in [9.17, 15) is 4.79 Å². The molecule has 0 aliphatic heterocycles. The number of hydrogen-bond acceptors (Lipinski definition) is 6. The lowest BCUT2D eigenvalue weighted by Crippen LogP contribution is -2.06. The molecule has 2 heterocycles. The monoisotopic (exact) mass is 310 g/mol. The second kappa shape index (κ2) is 6.09. The maximum atomic E-state index is 11.8. The van der Waals surface area contributed by atoms with Crippen LogP contribution in [0.15, 0.2) is 10.5 Å². The standard InChI is InChI=1S/C13H15ClN4O3/c1-7-10(12(14)18(4)17-7)5-6-11(19)20-8(2)13-16-15-9(3)21-13/h5-6,8H,1-4H3. The minimum atomic E-state index is -0.617. The van der Waals surface area contributed by atoms with Crippen molar-refractivity contribution in [2.45, 2.75) is 26.9 Å². The number of hydrogen-bond donors (Lipinski definition) is 0.